The molecule has 276 valence electrons. The Morgan fingerprint density at radius 2 is 1.16 bits per heavy atom. The van der Waals surface area contributed by atoms with Crippen molar-refractivity contribution in [2.45, 2.75) is 37.6 Å². The Balaban J connectivity index is 0.000000286. The Bertz CT molecular complexity index is 1510. The molecule has 0 fully saturated rings. The number of benzene rings is 3. The summed E-state index contributed by atoms with van der Waals surface area (Å²) < 4.78 is 33.4. The first kappa shape index (κ1) is 40.5. The second-order valence-electron chi connectivity index (χ2n) is 11.7. The number of aliphatic hydroxyl groups excluding tert-OH is 3. The summed E-state index contributed by atoms with van der Waals surface area (Å²) in [5, 5.41) is 58.7. The summed E-state index contributed by atoms with van der Waals surface area (Å²) in [6, 6.07) is 15.9. The van der Waals surface area contributed by atoms with Gasteiger partial charge in [0.2, 0.25) is 0 Å². The predicted octanol–water partition coefficient (Wildman–Crippen LogP) is -2.50. The average molecular weight is 711 g/mol. The van der Waals surface area contributed by atoms with Crippen LogP contribution in [0.4, 0.5) is 0 Å². The van der Waals surface area contributed by atoms with Gasteiger partial charge in [0.05, 0.1) is 38.1 Å². The molecular formula is C33H48B3N3O12. The molecule has 2 aliphatic heterocycles. The molecule has 0 bridgehead atoms. The fourth-order valence-electron chi connectivity index (χ4n) is 5.80. The number of nitrogens with two attached hydrogens (primary N) is 3. The van der Waals surface area contributed by atoms with Crippen LogP contribution in [0.25, 0.3) is 0 Å². The van der Waals surface area contributed by atoms with E-state index < -0.39 is 27.5 Å². The predicted molar refractivity (Wildman–Crippen MR) is 192 cm³/mol. The van der Waals surface area contributed by atoms with E-state index >= 15 is 0 Å². The smallest absolute Gasteiger partial charge is 0.494 e. The topological polar surface area (TPSA) is 255 Å². The van der Waals surface area contributed by atoms with Gasteiger partial charge in [0.25, 0.3) is 0 Å². The minimum Gasteiger partial charge on any atom is -0.494 e. The quantitative estimate of drug-likeness (QED) is 0.0460. The van der Waals surface area contributed by atoms with E-state index in [2.05, 4.69) is 0 Å². The van der Waals surface area contributed by atoms with Crippen molar-refractivity contribution >= 4 is 37.7 Å². The molecule has 0 aliphatic carbocycles. The van der Waals surface area contributed by atoms with Crippen LogP contribution in [0.2, 0.25) is 0 Å². The van der Waals surface area contributed by atoms with Gasteiger partial charge < -0.3 is 75.8 Å². The molecule has 51 heavy (non-hydrogen) atoms. The maximum absolute atomic E-state index is 10.7. The molecule has 2 aliphatic rings. The van der Waals surface area contributed by atoms with Crippen molar-refractivity contribution in [3.63, 3.8) is 0 Å². The number of ether oxygens (including phenoxy) is 3. The van der Waals surface area contributed by atoms with Crippen molar-refractivity contribution in [1.29, 1.82) is 0 Å². The Hall–Kier alpha value is -3.23. The van der Waals surface area contributed by atoms with Crippen molar-refractivity contribution in [3.05, 3.63) is 71.3 Å². The van der Waals surface area contributed by atoms with Crippen molar-refractivity contribution in [2.75, 3.05) is 59.3 Å². The van der Waals surface area contributed by atoms with Crippen LogP contribution in [0.1, 0.15) is 54.3 Å². The van der Waals surface area contributed by atoms with Crippen LogP contribution < -0.4 is 47.8 Å². The summed E-state index contributed by atoms with van der Waals surface area (Å²) in [6.07, 6.45) is -0.219. The monoisotopic (exact) mass is 711 g/mol. The molecule has 3 atom stereocenters. The highest BCUT2D eigenvalue weighted by atomic mass is 16.5. The summed E-state index contributed by atoms with van der Waals surface area (Å²) in [5.41, 5.74) is 20.5. The molecule has 12 N–H and O–H groups in total. The molecule has 18 heteroatoms. The van der Waals surface area contributed by atoms with E-state index in [1.54, 1.807) is 30.3 Å². The van der Waals surface area contributed by atoms with Gasteiger partial charge >= 0.3 is 21.4 Å². The standard InChI is InChI=1S/C22H32B2N2O8.C11H16BNO4/c25-13-17(28)15-5-1-7-18(31-10-3-9-27)21(15)23(29)33-12-4-11-32-19-8-2-6-16-20(14-26)34-24(30)22(16)19;13-7-10-8-3-1-4-9(16-6-2-5-14)11(8)12(15)17-10/h1-2,5-8,17,20,27-30H,3-4,9-14,25-26H2;1,3-4,10,14-15H,2,5-7,13H2. The van der Waals surface area contributed by atoms with E-state index in [1.165, 1.54) is 0 Å². The summed E-state index contributed by atoms with van der Waals surface area (Å²) >= 11 is 0. The third kappa shape index (κ3) is 10.4. The lowest BCUT2D eigenvalue weighted by Gasteiger charge is -2.20. The van der Waals surface area contributed by atoms with Crippen LogP contribution in [0.15, 0.2) is 54.6 Å². The molecule has 3 aromatic carbocycles. The zero-order valence-electron chi connectivity index (χ0n) is 28.5. The van der Waals surface area contributed by atoms with Crippen LogP contribution in [-0.2, 0) is 14.0 Å². The lowest BCUT2D eigenvalue weighted by atomic mass is 9.74. The van der Waals surface area contributed by atoms with E-state index in [9.17, 15) is 20.2 Å². The van der Waals surface area contributed by atoms with Crippen molar-refractivity contribution < 1.29 is 58.6 Å². The van der Waals surface area contributed by atoms with Gasteiger partial charge in [-0.05, 0) is 34.9 Å². The lowest BCUT2D eigenvalue weighted by Crippen LogP contribution is -2.39. The maximum Gasteiger partial charge on any atom is 0.495 e. The molecule has 3 aromatic rings. The maximum atomic E-state index is 10.7. The first-order valence-corrected chi connectivity index (χ1v) is 17.0. The minimum atomic E-state index is -1.36. The van der Waals surface area contributed by atoms with E-state index in [-0.39, 0.29) is 58.3 Å². The van der Waals surface area contributed by atoms with Gasteiger partial charge in [-0.25, -0.2) is 0 Å². The highest BCUT2D eigenvalue weighted by Gasteiger charge is 2.38. The third-order valence-electron chi connectivity index (χ3n) is 8.27. The summed E-state index contributed by atoms with van der Waals surface area (Å²) in [7, 11) is -3.43. The van der Waals surface area contributed by atoms with Crippen LogP contribution in [0.3, 0.4) is 0 Å². The average Bonchev–Trinajstić information content (AvgIpc) is 3.67. The normalized spacial score (nSPS) is 16.6. The van der Waals surface area contributed by atoms with E-state index in [1.807, 2.05) is 24.3 Å². The van der Waals surface area contributed by atoms with Gasteiger partial charge in [0.15, 0.2) is 0 Å². The molecule has 5 rings (SSSR count). The van der Waals surface area contributed by atoms with Crippen molar-refractivity contribution in [1.82, 2.24) is 0 Å². The highest BCUT2D eigenvalue weighted by molar-refractivity contribution is 6.63. The second kappa shape index (κ2) is 20.7. The molecule has 0 saturated heterocycles. The molecule has 0 amide bonds. The Morgan fingerprint density at radius 3 is 1.65 bits per heavy atom. The van der Waals surface area contributed by atoms with E-state index in [0.29, 0.717) is 71.6 Å². The van der Waals surface area contributed by atoms with Crippen LogP contribution >= 0.6 is 0 Å². The number of rotatable bonds is 19. The summed E-state index contributed by atoms with van der Waals surface area (Å²) in [6.45, 7) is 1.69. The van der Waals surface area contributed by atoms with Gasteiger partial charge in [-0.3, -0.25) is 0 Å². The van der Waals surface area contributed by atoms with Gasteiger partial charge in [-0.1, -0.05) is 36.4 Å². The van der Waals surface area contributed by atoms with E-state index in [0.717, 1.165) is 11.1 Å². The molecule has 0 radical (unpaired) electrons. The molecule has 0 aromatic heterocycles. The Morgan fingerprint density at radius 1 is 0.686 bits per heavy atom. The zero-order valence-corrected chi connectivity index (χ0v) is 28.5. The number of fused-ring (bicyclic) bond motifs is 2. The number of hydrogen-bond donors (Lipinski definition) is 9. The molecule has 3 unspecified atom stereocenters. The third-order valence-corrected chi connectivity index (χ3v) is 8.27. The largest absolute Gasteiger partial charge is 0.495 e. The number of hydrogen-bond acceptors (Lipinski definition) is 15. The lowest BCUT2D eigenvalue weighted by molar-refractivity contribution is 0.185. The summed E-state index contributed by atoms with van der Waals surface area (Å²) in [5.74, 6) is 1.46. The van der Waals surface area contributed by atoms with Crippen molar-refractivity contribution in [3.8, 4) is 17.2 Å². The van der Waals surface area contributed by atoms with Crippen LogP contribution in [0, 0.1) is 0 Å². The van der Waals surface area contributed by atoms with Gasteiger partial charge in [-0.2, -0.15) is 0 Å². The van der Waals surface area contributed by atoms with Crippen molar-refractivity contribution in [2.24, 2.45) is 17.2 Å². The van der Waals surface area contributed by atoms with Gasteiger partial charge in [0.1, 0.15) is 17.2 Å². The fourth-order valence-corrected chi connectivity index (χ4v) is 5.80. The zero-order chi connectivity index (χ0) is 36.8. The first-order valence-electron chi connectivity index (χ1n) is 17.0. The molecule has 2 heterocycles. The molecule has 0 spiro atoms. The molecular weight excluding hydrogens is 663 g/mol. The Labute approximate surface area is 298 Å². The molecule has 0 saturated carbocycles. The van der Waals surface area contributed by atoms with E-state index in [4.69, 9.17) is 55.6 Å². The Kier molecular flexibility index (Phi) is 16.5. The SMILES string of the molecule is NCC(O)c1cccc(OCCCO)c1B(O)OCCCOc1cccc2c1B(O)OC2CN.NCC1OB(O)c2c(OCCCO)cccc21. The first-order chi connectivity index (χ1) is 24.8. The minimum absolute atomic E-state index is 0.0276. The summed E-state index contributed by atoms with van der Waals surface area (Å²) in [4.78, 5) is 0. The van der Waals surface area contributed by atoms with Gasteiger partial charge in [0, 0.05) is 75.1 Å². The van der Waals surface area contributed by atoms with Crippen LogP contribution in [0.5, 0.6) is 17.2 Å². The highest BCUT2D eigenvalue weighted by Crippen LogP contribution is 2.28. The fraction of sp³-hybridized carbons (Fsp3) is 0.455. The number of aliphatic hydroxyl groups is 3. The second-order valence-corrected chi connectivity index (χ2v) is 11.7. The molecule has 15 nitrogen and oxygen atoms in total. The van der Waals surface area contributed by atoms with Gasteiger partial charge in [-0.15, -0.1) is 0 Å². The van der Waals surface area contributed by atoms with Crippen LogP contribution in [-0.4, -0.2) is 111 Å².